The minimum Gasteiger partial charge on any atom is -0.392 e. The Bertz CT molecular complexity index is 809. The number of nitrogens with zero attached hydrogens (tertiary/aromatic N) is 3. The number of piperazine rings is 1. The Balaban J connectivity index is 1.40. The summed E-state index contributed by atoms with van der Waals surface area (Å²) in [5, 5.41) is 12.9. The lowest BCUT2D eigenvalue weighted by molar-refractivity contribution is -0.161. The van der Waals surface area contributed by atoms with E-state index in [1.165, 1.54) is 6.92 Å². The molecule has 0 bridgehead atoms. The fourth-order valence-electron chi connectivity index (χ4n) is 5.11. The van der Waals surface area contributed by atoms with Crippen LogP contribution in [0.15, 0.2) is 30.3 Å². The molecule has 3 fully saturated rings. The van der Waals surface area contributed by atoms with E-state index in [1.54, 1.807) is 0 Å². The Morgan fingerprint density at radius 2 is 1.77 bits per heavy atom. The van der Waals surface area contributed by atoms with Crippen molar-refractivity contribution >= 4 is 17.7 Å². The van der Waals surface area contributed by atoms with E-state index in [9.17, 15) is 19.5 Å². The predicted octanol–water partition coefficient (Wildman–Crippen LogP) is -0.386. The second-order valence-corrected chi connectivity index (χ2v) is 8.84. The third-order valence-electron chi connectivity index (χ3n) is 6.50. The average Bonchev–Trinajstić information content (AvgIpc) is 3.06. The lowest BCUT2D eigenvalue weighted by Gasteiger charge is -2.60. The summed E-state index contributed by atoms with van der Waals surface area (Å²) in [7, 11) is 0. The monoisotopic (exact) mass is 414 g/mol. The zero-order valence-electron chi connectivity index (χ0n) is 17.4. The van der Waals surface area contributed by atoms with Gasteiger partial charge < -0.3 is 20.2 Å². The smallest absolute Gasteiger partial charge is 0.227 e. The van der Waals surface area contributed by atoms with Crippen LogP contribution in [-0.4, -0.2) is 94.5 Å². The van der Waals surface area contributed by atoms with E-state index in [-0.39, 0.29) is 35.7 Å². The number of aliphatic hydroxyl groups excluding tert-OH is 1. The Hall–Kier alpha value is -2.45. The van der Waals surface area contributed by atoms with E-state index in [0.29, 0.717) is 52.1 Å². The number of nitrogens with one attached hydrogen (secondary N) is 1. The first-order chi connectivity index (χ1) is 14.4. The van der Waals surface area contributed by atoms with Crippen LogP contribution in [0.5, 0.6) is 0 Å². The first-order valence-electron chi connectivity index (χ1n) is 10.6. The predicted molar refractivity (Wildman–Crippen MR) is 110 cm³/mol. The molecular weight excluding hydrogens is 384 g/mol. The molecule has 2 atom stereocenters. The summed E-state index contributed by atoms with van der Waals surface area (Å²) < 4.78 is 0. The number of carbonyl (C=O) groups excluding carboxylic acids is 3. The first kappa shape index (κ1) is 20.8. The molecule has 1 aromatic rings. The van der Waals surface area contributed by atoms with Crippen LogP contribution in [-0.2, 0) is 20.8 Å². The Morgan fingerprint density at radius 1 is 1.07 bits per heavy atom. The summed E-state index contributed by atoms with van der Waals surface area (Å²) in [5.74, 6) is -0.0370. The molecular formula is C22H30N4O4. The summed E-state index contributed by atoms with van der Waals surface area (Å²) in [6, 6.07) is 9.83. The molecule has 162 valence electrons. The zero-order valence-corrected chi connectivity index (χ0v) is 17.4. The number of likely N-dealkylation sites (tertiary alicyclic amines) is 1. The molecule has 30 heavy (non-hydrogen) atoms. The van der Waals surface area contributed by atoms with Crippen molar-refractivity contribution < 1.29 is 19.5 Å². The largest absolute Gasteiger partial charge is 0.392 e. The molecule has 3 aliphatic heterocycles. The van der Waals surface area contributed by atoms with Crippen LogP contribution in [0.1, 0.15) is 25.3 Å². The average molecular weight is 415 g/mol. The molecule has 4 rings (SSSR count). The maximum Gasteiger partial charge on any atom is 0.227 e. The summed E-state index contributed by atoms with van der Waals surface area (Å²) in [5.41, 5.74) is 0.715. The van der Waals surface area contributed by atoms with Gasteiger partial charge in [-0.1, -0.05) is 30.3 Å². The fraction of sp³-hybridized carbons (Fsp3) is 0.591. The molecule has 1 spiro atoms. The molecule has 2 N–H and O–H groups in total. The van der Waals surface area contributed by atoms with Crippen LogP contribution in [0, 0.1) is 0 Å². The van der Waals surface area contributed by atoms with E-state index < -0.39 is 6.10 Å². The minimum atomic E-state index is -0.393. The highest BCUT2D eigenvalue weighted by molar-refractivity contribution is 5.81. The number of benzene rings is 1. The van der Waals surface area contributed by atoms with Crippen LogP contribution >= 0.6 is 0 Å². The summed E-state index contributed by atoms with van der Waals surface area (Å²) in [6.07, 6.45) is 0.898. The fourth-order valence-corrected chi connectivity index (χ4v) is 5.11. The third kappa shape index (κ3) is 4.20. The molecule has 0 saturated carbocycles. The van der Waals surface area contributed by atoms with E-state index in [2.05, 4.69) is 10.2 Å². The van der Waals surface area contributed by atoms with Crippen LogP contribution in [0.25, 0.3) is 0 Å². The second kappa shape index (κ2) is 8.35. The Labute approximate surface area is 176 Å². The van der Waals surface area contributed by atoms with Crippen LogP contribution in [0.4, 0.5) is 0 Å². The molecule has 0 aliphatic carbocycles. The Kier molecular flexibility index (Phi) is 5.79. The first-order valence-corrected chi connectivity index (χ1v) is 10.6. The molecule has 8 heteroatoms. The molecule has 0 aromatic heterocycles. The van der Waals surface area contributed by atoms with E-state index in [1.807, 2.05) is 40.1 Å². The minimum absolute atomic E-state index is 0.0122. The number of fused-ring (bicyclic) bond motifs is 2. The number of hydrogen-bond donors (Lipinski definition) is 2. The number of aliphatic hydroxyl groups is 1. The molecule has 1 aromatic carbocycles. The molecule has 0 unspecified atom stereocenters. The number of carbonyl (C=O) groups is 3. The van der Waals surface area contributed by atoms with Gasteiger partial charge in [-0.15, -0.1) is 0 Å². The summed E-state index contributed by atoms with van der Waals surface area (Å²) in [6.45, 7) is 4.68. The van der Waals surface area contributed by atoms with Crippen molar-refractivity contribution in [2.45, 2.75) is 43.9 Å². The van der Waals surface area contributed by atoms with Gasteiger partial charge >= 0.3 is 0 Å². The van der Waals surface area contributed by atoms with Gasteiger partial charge in [0.1, 0.15) is 0 Å². The number of hydrogen-bond acceptors (Lipinski definition) is 5. The van der Waals surface area contributed by atoms with Crippen molar-refractivity contribution in [3.8, 4) is 0 Å². The zero-order chi connectivity index (χ0) is 21.3. The molecule has 3 saturated heterocycles. The van der Waals surface area contributed by atoms with E-state index in [0.717, 1.165) is 5.56 Å². The van der Waals surface area contributed by atoms with Gasteiger partial charge in [-0.05, 0) is 12.0 Å². The van der Waals surface area contributed by atoms with E-state index >= 15 is 0 Å². The van der Waals surface area contributed by atoms with Gasteiger partial charge in [-0.2, -0.15) is 0 Å². The van der Waals surface area contributed by atoms with Gasteiger partial charge in [0, 0.05) is 58.7 Å². The lowest BCUT2D eigenvalue weighted by atomic mass is 9.83. The van der Waals surface area contributed by atoms with Crippen LogP contribution < -0.4 is 5.32 Å². The maximum atomic E-state index is 12.7. The molecule has 3 amide bonds. The topological polar surface area (TPSA) is 93.2 Å². The highest BCUT2D eigenvalue weighted by Gasteiger charge is 2.57. The quantitative estimate of drug-likeness (QED) is 0.685. The SMILES string of the molecule is CC(=O)NCCC(=O)N1C[C@H]2C[C@@H](O)CN2C2(C1)CN(C(=O)Cc1ccccc1)C2. The summed E-state index contributed by atoms with van der Waals surface area (Å²) in [4.78, 5) is 42.6. The van der Waals surface area contributed by atoms with Gasteiger partial charge in [-0.25, -0.2) is 0 Å². The van der Waals surface area contributed by atoms with Gasteiger partial charge in [0.25, 0.3) is 0 Å². The van der Waals surface area contributed by atoms with Crippen molar-refractivity contribution in [2.75, 3.05) is 39.3 Å². The van der Waals surface area contributed by atoms with Crippen molar-refractivity contribution in [3.63, 3.8) is 0 Å². The molecule has 3 heterocycles. The Morgan fingerprint density at radius 3 is 2.47 bits per heavy atom. The highest BCUT2D eigenvalue weighted by atomic mass is 16.3. The van der Waals surface area contributed by atoms with Crippen molar-refractivity contribution in [1.82, 2.24) is 20.0 Å². The van der Waals surface area contributed by atoms with Gasteiger partial charge in [0.15, 0.2) is 0 Å². The number of β-amino-alcohol motifs (C(OH)–C–C–N with tert-alkyl or cyclic N) is 1. The maximum absolute atomic E-state index is 12.7. The van der Waals surface area contributed by atoms with Gasteiger partial charge in [0.2, 0.25) is 17.7 Å². The summed E-state index contributed by atoms with van der Waals surface area (Å²) >= 11 is 0. The molecule has 8 nitrogen and oxygen atoms in total. The standard InChI is InChI=1S/C22H30N4O4/c1-16(27)23-8-7-20(29)24-11-18-10-19(28)12-26(18)22(13-24)14-25(15-22)21(30)9-17-5-3-2-4-6-17/h2-6,18-19,28H,7-15H2,1H3,(H,23,27)/t18-,19-/m1/s1. The molecule has 3 aliphatic rings. The third-order valence-corrected chi connectivity index (χ3v) is 6.50. The number of amides is 3. The van der Waals surface area contributed by atoms with Crippen LogP contribution in [0.2, 0.25) is 0 Å². The number of rotatable bonds is 5. The second-order valence-electron chi connectivity index (χ2n) is 8.84. The molecule has 0 radical (unpaired) electrons. The lowest BCUT2D eigenvalue weighted by Crippen LogP contribution is -2.79. The van der Waals surface area contributed by atoms with Crippen LogP contribution in [0.3, 0.4) is 0 Å². The van der Waals surface area contributed by atoms with Crippen molar-refractivity contribution in [1.29, 1.82) is 0 Å². The van der Waals surface area contributed by atoms with Gasteiger partial charge in [0.05, 0.1) is 18.1 Å². The van der Waals surface area contributed by atoms with E-state index in [4.69, 9.17) is 0 Å². The normalized spacial score (nSPS) is 25.0. The van der Waals surface area contributed by atoms with Crippen molar-refractivity contribution in [2.24, 2.45) is 0 Å². The highest BCUT2D eigenvalue weighted by Crippen LogP contribution is 2.39. The van der Waals surface area contributed by atoms with Gasteiger partial charge in [-0.3, -0.25) is 19.3 Å². The van der Waals surface area contributed by atoms with Crippen molar-refractivity contribution in [3.05, 3.63) is 35.9 Å².